The van der Waals surface area contributed by atoms with E-state index in [0.29, 0.717) is 22.9 Å². The van der Waals surface area contributed by atoms with E-state index in [1.807, 2.05) is 4.68 Å². The average Bonchev–Trinajstić information content (AvgIpc) is 2.84. The van der Waals surface area contributed by atoms with Crippen molar-refractivity contribution in [1.29, 1.82) is 0 Å². The zero-order valence-corrected chi connectivity index (χ0v) is 12.7. The second kappa shape index (κ2) is 5.59. The van der Waals surface area contributed by atoms with E-state index in [0.717, 1.165) is 24.8 Å². The number of aromatic nitrogens is 3. The Bertz CT molecular complexity index is 933. The lowest BCUT2D eigenvalue weighted by Crippen LogP contribution is -2.18. The molecule has 4 rings (SSSR count). The Hall–Kier alpha value is -2.96. The molecule has 24 heavy (non-hydrogen) atoms. The summed E-state index contributed by atoms with van der Waals surface area (Å²) in [6, 6.07) is 6.26. The SMILES string of the molecule is O=C(O)c1ccncc1Nc1nn(C2CCC2)c2ccc(F)cc12. The summed E-state index contributed by atoms with van der Waals surface area (Å²) in [4.78, 5) is 15.3. The van der Waals surface area contributed by atoms with Crippen molar-refractivity contribution in [2.24, 2.45) is 0 Å². The number of anilines is 2. The van der Waals surface area contributed by atoms with Gasteiger partial charge in [0, 0.05) is 11.6 Å². The van der Waals surface area contributed by atoms with E-state index in [1.165, 1.54) is 30.6 Å². The molecule has 0 atom stereocenters. The number of carboxylic acid groups (broad SMARTS) is 1. The van der Waals surface area contributed by atoms with E-state index in [9.17, 15) is 14.3 Å². The highest BCUT2D eigenvalue weighted by Crippen LogP contribution is 2.36. The lowest BCUT2D eigenvalue weighted by molar-refractivity contribution is 0.0698. The fourth-order valence-corrected chi connectivity index (χ4v) is 2.92. The number of rotatable bonds is 4. The van der Waals surface area contributed by atoms with E-state index >= 15 is 0 Å². The van der Waals surface area contributed by atoms with Crippen LogP contribution < -0.4 is 5.32 Å². The third-order valence-electron chi connectivity index (χ3n) is 4.39. The topological polar surface area (TPSA) is 80.0 Å². The zero-order chi connectivity index (χ0) is 16.7. The van der Waals surface area contributed by atoms with E-state index < -0.39 is 5.97 Å². The molecular formula is C17H15FN4O2. The highest BCUT2D eigenvalue weighted by atomic mass is 19.1. The van der Waals surface area contributed by atoms with Crippen LogP contribution in [-0.4, -0.2) is 25.8 Å². The van der Waals surface area contributed by atoms with Crippen molar-refractivity contribution in [2.45, 2.75) is 25.3 Å². The fraction of sp³-hybridized carbons (Fsp3) is 0.235. The van der Waals surface area contributed by atoms with Crippen molar-refractivity contribution in [3.63, 3.8) is 0 Å². The molecule has 1 aromatic carbocycles. The number of nitrogens with one attached hydrogen (secondary N) is 1. The standard InChI is InChI=1S/C17H15FN4O2/c18-10-4-5-15-13(8-10)16(21-22(15)11-2-1-3-11)20-14-9-19-7-6-12(14)17(23)24/h4-9,11H,1-3H2,(H,20,21)(H,23,24). The summed E-state index contributed by atoms with van der Waals surface area (Å²) in [7, 11) is 0. The molecule has 1 aliphatic carbocycles. The number of hydrogen-bond donors (Lipinski definition) is 2. The van der Waals surface area contributed by atoms with Crippen LogP contribution in [0.15, 0.2) is 36.7 Å². The monoisotopic (exact) mass is 326 g/mol. The Morgan fingerprint density at radius 3 is 2.88 bits per heavy atom. The predicted molar refractivity (Wildman–Crippen MR) is 87.1 cm³/mol. The molecule has 0 radical (unpaired) electrons. The van der Waals surface area contributed by atoms with E-state index in [-0.39, 0.29) is 11.4 Å². The highest BCUT2D eigenvalue weighted by Gasteiger charge is 2.24. The first-order chi connectivity index (χ1) is 11.6. The summed E-state index contributed by atoms with van der Waals surface area (Å²) >= 11 is 0. The third-order valence-corrected chi connectivity index (χ3v) is 4.39. The van der Waals surface area contributed by atoms with E-state index in [1.54, 1.807) is 6.07 Å². The van der Waals surface area contributed by atoms with Gasteiger partial charge in [-0.2, -0.15) is 5.10 Å². The van der Waals surface area contributed by atoms with Crippen LogP contribution in [0, 0.1) is 5.82 Å². The van der Waals surface area contributed by atoms with Crippen LogP contribution >= 0.6 is 0 Å². The van der Waals surface area contributed by atoms with Gasteiger partial charge in [-0.25, -0.2) is 9.18 Å². The molecular weight excluding hydrogens is 311 g/mol. The lowest BCUT2D eigenvalue weighted by atomic mass is 9.93. The van der Waals surface area contributed by atoms with E-state index in [4.69, 9.17) is 0 Å². The summed E-state index contributed by atoms with van der Waals surface area (Å²) in [5.41, 5.74) is 1.26. The third kappa shape index (κ3) is 2.38. The molecule has 6 nitrogen and oxygen atoms in total. The average molecular weight is 326 g/mol. The van der Waals surface area contributed by atoms with Gasteiger partial charge in [-0.3, -0.25) is 9.67 Å². The van der Waals surface area contributed by atoms with Crippen molar-refractivity contribution in [3.05, 3.63) is 48.0 Å². The summed E-state index contributed by atoms with van der Waals surface area (Å²) < 4.78 is 15.6. The van der Waals surface area contributed by atoms with Crippen LogP contribution in [0.4, 0.5) is 15.9 Å². The first-order valence-corrected chi connectivity index (χ1v) is 7.75. The number of hydrogen-bond acceptors (Lipinski definition) is 4. The van der Waals surface area contributed by atoms with Gasteiger partial charge in [-0.05, 0) is 43.5 Å². The van der Waals surface area contributed by atoms with Crippen molar-refractivity contribution >= 4 is 28.4 Å². The summed E-state index contributed by atoms with van der Waals surface area (Å²) in [6.07, 6.45) is 6.08. The van der Waals surface area contributed by atoms with Gasteiger partial charge in [0.25, 0.3) is 0 Å². The van der Waals surface area contributed by atoms with Crippen LogP contribution in [0.1, 0.15) is 35.7 Å². The predicted octanol–water partition coefficient (Wildman–Crippen LogP) is 3.74. The largest absolute Gasteiger partial charge is 0.478 e. The maximum Gasteiger partial charge on any atom is 0.337 e. The minimum absolute atomic E-state index is 0.0905. The lowest BCUT2D eigenvalue weighted by Gasteiger charge is -2.26. The molecule has 7 heteroatoms. The van der Waals surface area contributed by atoms with Crippen molar-refractivity contribution in [1.82, 2.24) is 14.8 Å². The minimum Gasteiger partial charge on any atom is -0.478 e. The van der Waals surface area contributed by atoms with Gasteiger partial charge in [-0.1, -0.05) is 0 Å². The van der Waals surface area contributed by atoms with E-state index in [2.05, 4.69) is 15.4 Å². The first-order valence-electron chi connectivity index (χ1n) is 7.75. The van der Waals surface area contributed by atoms with Crippen LogP contribution in [0.3, 0.4) is 0 Å². The number of nitrogens with zero attached hydrogens (tertiary/aromatic N) is 3. The molecule has 0 bridgehead atoms. The maximum atomic E-state index is 13.7. The fourth-order valence-electron chi connectivity index (χ4n) is 2.92. The van der Waals surface area contributed by atoms with Crippen molar-refractivity contribution in [3.8, 4) is 0 Å². The molecule has 0 unspecified atom stereocenters. The normalized spacial score (nSPS) is 14.5. The minimum atomic E-state index is -1.06. The van der Waals surface area contributed by atoms with Gasteiger partial charge in [0.2, 0.25) is 0 Å². The van der Waals surface area contributed by atoms with Gasteiger partial charge in [-0.15, -0.1) is 0 Å². The Balaban J connectivity index is 1.82. The van der Waals surface area contributed by atoms with Gasteiger partial charge in [0.15, 0.2) is 5.82 Å². The molecule has 2 heterocycles. The molecule has 0 saturated heterocycles. The molecule has 2 N–H and O–H groups in total. The first kappa shape index (κ1) is 14.6. The van der Waals surface area contributed by atoms with Crippen molar-refractivity contribution in [2.75, 3.05) is 5.32 Å². The quantitative estimate of drug-likeness (QED) is 0.763. The van der Waals surface area contributed by atoms with Crippen LogP contribution in [0.25, 0.3) is 10.9 Å². The number of aromatic carboxylic acids is 1. The van der Waals surface area contributed by atoms with Crippen molar-refractivity contribution < 1.29 is 14.3 Å². The molecule has 0 spiro atoms. The molecule has 3 aromatic rings. The summed E-state index contributed by atoms with van der Waals surface area (Å²) in [5.74, 6) is -0.982. The number of benzene rings is 1. The number of carbonyl (C=O) groups is 1. The maximum absolute atomic E-state index is 13.7. The summed E-state index contributed by atoms with van der Waals surface area (Å²) in [5, 5.41) is 17.5. The van der Waals surface area contributed by atoms with Gasteiger partial charge in [0.1, 0.15) is 5.82 Å². The molecule has 122 valence electrons. The van der Waals surface area contributed by atoms with Crippen LogP contribution in [0.2, 0.25) is 0 Å². The molecule has 1 aliphatic rings. The molecule has 0 amide bonds. The number of fused-ring (bicyclic) bond motifs is 1. The van der Waals surface area contributed by atoms with Gasteiger partial charge in [0.05, 0.1) is 29.0 Å². The molecule has 1 fully saturated rings. The van der Waals surface area contributed by atoms with Gasteiger partial charge < -0.3 is 10.4 Å². The second-order valence-electron chi connectivity index (χ2n) is 5.89. The highest BCUT2D eigenvalue weighted by molar-refractivity contribution is 5.97. The molecule has 2 aromatic heterocycles. The molecule has 1 saturated carbocycles. The van der Waals surface area contributed by atoms with Gasteiger partial charge >= 0.3 is 5.97 Å². The Labute approximate surface area is 136 Å². The number of halogens is 1. The Morgan fingerprint density at radius 2 is 2.17 bits per heavy atom. The molecule has 0 aliphatic heterocycles. The smallest absolute Gasteiger partial charge is 0.337 e. The Morgan fingerprint density at radius 1 is 1.33 bits per heavy atom. The summed E-state index contributed by atoms with van der Waals surface area (Å²) in [6.45, 7) is 0. The van der Waals surface area contributed by atoms with Crippen LogP contribution in [0.5, 0.6) is 0 Å². The zero-order valence-electron chi connectivity index (χ0n) is 12.7. The number of pyridine rings is 1. The second-order valence-corrected chi connectivity index (χ2v) is 5.89. The number of carboxylic acids is 1. The Kier molecular flexibility index (Phi) is 3.41. The van der Waals surface area contributed by atoms with Crippen LogP contribution in [-0.2, 0) is 0 Å².